The molecule has 0 saturated carbocycles. The Bertz CT molecular complexity index is 617. The molecule has 2 aromatic carbocycles. The van der Waals surface area contributed by atoms with Gasteiger partial charge in [0.25, 0.3) is 0 Å². The predicted octanol–water partition coefficient (Wildman–Crippen LogP) is 3.21. The highest BCUT2D eigenvalue weighted by Crippen LogP contribution is 2.28. The first-order chi connectivity index (χ1) is 8.11. The quantitative estimate of drug-likeness (QED) is 0.818. The molecule has 0 fully saturated rings. The third-order valence-electron chi connectivity index (χ3n) is 2.35. The van der Waals surface area contributed by atoms with E-state index >= 15 is 0 Å². The standard InChI is InChI=1S/C13H7F2NO/c14-11-3-1-8(7-16)5-10(11)9-2-4-12(15)13(17)6-9/h1-6,17H. The number of rotatable bonds is 1. The van der Waals surface area contributed by atoms with Crippen molar-refractivity contribution in [2.75, 3.05) is 0 Å². The van der Waals surface area contributed by atoms with E-state index in [-0.39, 0.29) is 5.56 Å². The molecule has 2 nitrogen and oxygen atoms in total. The normalized spacial score (nSPS) is 9.94. The molecule has 0 atom stereocenters. The molecule has 4 heteroatoms. The molecule has 84 valence electrons. The molecule has 2 aromatic rings. The molecule has 0 amide bonds. The van der Waals surface area contributed by atoms with Crippen LogP contribution in [0.1, 0.15) is 5.56 Å². The first-order valence-corrected chi connectivity index (χ1v) is 4.80. The van der Waals surface area contributed by atoms with Crippen molar-refractivity contribution in [3.63, 3.8) is 0 Å². The van der Waals surface area contributed by atoms with Crippen LogP contribution in [-0.2, 0) is 0 Å². The van der Waals surface area contributed by atoms with Gasteiger partial charge in [-0.1, -0.05) is 6.07 Å². The van der Waals surface area contributed by atoms with Gasteiger partial charge in [0.2, 0.25) is 0 Å². The van der Waals surface area contributed by atoms with E-state index < -0.39 is 17.4 Å². The maximum Gasteiger partial charge on any atom is 0.164 e. The average molecular weight is 231 g/mol. The molecule has 0 bridgehead atoms. The van der Waals surface area contributed by atoms with Crippen molar-refractivity contribution in [2.45, 2.75) is 0 Å². The fourth-order valence-electron chi connectivity index (χ4n) is 1.50. The molecule has 2 rings (SSSR count). The molecule has 17 heavy (non-hydrogen) atoms. The Hall–Kier alpha value is -2.41. The maximum atomic E-state index is 13.5. The van der Waals surface area contributed by atoms with Gasteiger partial charge in [0.1, 0.15) is 5.82 Å². The van der Waals surface area contributed by atoms with Crippen molar-refractivity contribution < 1.29 is 13.9 Å². The molecule has 0 heterocycles. The minimum absolute atomic E-state index is 0.152. The van der Waals surface area contributed by atoms with Crippen LogP contribution in [0.15, 0.2) is 36.4 Å². The number of hydrogen-bond acceptors (Lipinski definition) is 2. The van der Waals surface area contributed by atoms with Gasteiger partial charge in [0.05, 0.1) is 11.6 Å². The topological polar surface area (TPSA) is 44.0 Å². The largest absolute Gasteiger partial charge is 0.505 e. The van der Waals surface area contributed by atoms with E-state index in [1.54, 1.807) is 0 Å². The number of halogens is 2. The Balaban J connectivity index is 2.60. The van der Waals surface area contributed by atoms with Crippen molar-refractivity contribution in [1.82, 2.24) is 0 Å². The number of nitrogens with zero attached hydrogens (tertiary/aromatic N) is 1. The lowest BCUT2D eigenvalue weighted by Crippen LogP contribution is -1.87. The molecule has 0 aliphatic rings. The lowest BCUT2D eigenvalue weighted by Gasteiger charge is -2.05. The summed E-state index contributed by atoms with van der Waals surface area (Å²) in [6, 6.07) is 9.25. The van der Waals surface area contributed by atoms with Crippen LogP contribution in [0.2, 0.25) is 0 Å². The average Bonchev–Trinajstić information content (AvgIpc) is 2.33. The lowest BCUT2D eigenvalue weighted by atomic mass is 10.0. The summed E-state index contributed by atoms with van der Waals surface area (Å²) in [6.07, 6.45) is 0. The highest BCUT2D eigenvalue weighted by Gasteiger charge is 2.09. The summed E-state index contributed by atoms with van der Waals surface area (Å²) in [6.45, 7) is 0. The second-order valence-electron chi connectivity index (χ2n) is 3.47. The van der Waals surface area contributed by atoms with Gasteiger partial charge >= 0.3 is 0 Å². The van der Waals surface area contributed by atoms with Gasteiger partial charge in [-0.25, -0.2) is 8.78 Å². The third-order valence-corrected chi connectivity index (χ3v) is 2.35. The van der Waals surface area contributed by atoms with Crippen LogP contribution in [0.25, 0.3) is 11.1 Å². The zero-order chi connectivity index (χ0) is 12.4. The monoisotopic (exact) mass is 231 g/mol. The van der Waals surface area contributed by atoms with E-state index in [9.17, 15) is 13.9 Å². The summed E-state index contributed by atoms with van der Waals surface area (Å²) in [5.41, 5.74) is 0.767. The van der Waals surface area contributed by atoms with Gasteiger partial charge in [-0.05, 0) is 35.9 Å². The van der Waals surface area contributed by atoms with Crippen LogP contribution in [0.4, 0.5) is 8.78 Å². The van der Waals surface area contributed by atoms with Gasteiger partial charge in [-0.3, -0.25) is 0 Å². The lowest BCUT2D eigenvalue weighted by molar-refractivity contribution is 0.432. The van der Waals surface area contributed by atoms with Crippen molar-refractivity contribution in [2.24, 2.45) is 0 Å². The molecule has 0 spiro atoms. The van der Waals surface area contributed by atoms with Crippen LogP contribution in [-0.4, -0.2) is 5.11 Å². The Morgan fingerprint density at radius 2 is 1.71 bits per heavy atom. The third kappa shape index (κ3) is 2.08. The highest BCUT2D eigenvalue weighted by molar-refractivity contribution is 5.67. The predicted molar refractivity (Wildman–Crippen MR) is 58.2 cm³/mol. The Morgan fingerprint density at radius 1 is 1.00 bits per heavy atom. The number of phenols is 1. The maximum absolute atomic E-state index is 13.5. The van der Waals surface area contributed by atoms with Crippen LogP contribution < -0.4 is 0 Å². The molecule has 0 unspecified atom stereocenters. The molecule has 0 aliphatic heterocycles. The summed E-state index contributed by atoms with van der Waals surface area (Å²) in [5.74, 6) is -1.86. The fourth-order valence-corrected chi connectivity index (χ4v) is 1.50. The minimum Gasteiger partial charge on any atom is -0.505 e. The molecular formula is C13H7F2NO. The van der Waals surface area contributed by atoms with E-state index in [0.717, 1.165) is 18.2 Å². The summed E-state index contributed by atoms with van der Waals surface area (Å²) in [5, 5.41) is 17.9. The second-order valence-corrected chi connectivity index (χ2v) is 3.47. The molecule has 1 N–H and O–H groups in total. The summed E-state index contributed by atoms with van der Waals surface area (Å²) in [7, 11) is 0. The van der Waals surface area contributed by atoms with Gasteiger partial charge in [-0.15, -0.1) is 0 Å². The van der Waals surface area contributed by atoms with E-state index in [1.165, 1.54) is 18.2 Å². The van der Waals surface area contributed by atoms with E-state index in [2.05, 4.69) is 0 Å². The number of benzene rings is 2. The van der Waals surface area contributed by atoms with Crippen LogP contribution in [0, 0.1) is 23.0 Å². The van der Waals surface area contributed by atoms with Gasteiger partial charge < -0.3 is 5.11 Å². The van der Waals surface area contributed by atoms with Gasteiger partial charge in [0.15, 0.2) is 11.6 Å². The Labute approximate surface area is 96.4 Å². The SMILES string of the molecule is N#Cc1ccc(F)c(-c2ccc(F)c(O)c2)c1. The molecule has 0 aromatic heterocycles. The molecular weight excluding hydrogens is 224 g/mol. The number of nitriles is 1. The zero-order valence-electron chi connectivity index (χ0n) is 8.61. The van der Waals surface area contributed by atoms with E-state index in [0.29, 0.717) is 11.1 Å². The second kappa shape index (κ2) is 4.22. The van der Waals surface area contributed by atoms with Crippen molar-refractivity contribution in [3.8, 4) is 22.9 Å². The van der Waals surface area contributed by atoms with Gasteiger partial charge in [0, 0.05) is 5.56 Å². The Morgan fingerprint density at radius 3 is 2.35 bits per heavy atom. The van der Waals surface area contributed by atoms with E-state index in [4.69, 9.17) is 5.26 Å². The first kappa shape index (κ1) is 11.1. The number of hydrogen-bond donors (Lipinski definition) is 1. The van der Waals surface area contributed by atoms with Crippen molar-refractivity contribution >= 4 is 0 Å². The molecule has 0 radical (unpaired) electrons. The number of aromatic hydroxyl groups is 1. The van der Waals surface area contributed by atoms with Crippen LogP contribution in [0.5, 0.6) is 5.75 Å². The number of phenolic OH excluding ortho intramolecular Hbond substituents is 1. The smallest absolute Gasteiger partial charge is 0.164 e. The van der Waals surface area contributed by atoms with Crippen molar-refractivity contribution in [1.29, 1.82) is 5.26 Å². The summed E-state index contributed by atoms with van der Waals surface area (Å²) >= 11 is 0. The van der Waals surface area contributed by atoms with Gasteiger partial charge in [-0.2, -0.15) is 5.26 Å². The molecule has 0 saturated heterocycles. The van der Waals surface area contributed by atoms with Crippen molar-refractivity contribution in [3.05, 3.63) is 53.6 Å². The fraction of sp³-hybridized carbons (Fsp3) is 0. The zero-order valence-corrected chi connectivity index (χ0v) is 8.61. The molecule has 0 aliphatic carbocycles. The van der Waals surface area contributed by atoms with E-state index in [1.807, 2.05) is 6.07 Å². The Kier molecular flexibility index (Phi) is 2.75. The summed E-state index contributed by atoms with van der Waals surface area (Å²) in [4.78, 5) is 0. The summed E-state index contributed by atoms with van der Waals surface area (Å²) < 4.78 is 26.4. The first-order valence-electron chi connectivity index (χ1n) is 4.80. The van der Waals surface area contributed by atoms with Crippen LogP contribution in [0.3, 0.4) is 0 Å². The minimum atomic E-state index is -0.773. The van der Waals surface area contributed by atoms with Crippen LogP contribution >= 0.6 is 0 Å². The highest BCUT2D eigenvalue weighted by atomic mass is 19.1.